The molecule has 0 aromatic heterocycles. The van der Waals surface area contributed by atoms with Crippen LogP contribution in [0.1, 0.15) is 116 Å². The lowest BCUT2D eigenvalue weighted by Gasteiger charge is -2.24. The molecular formula is C31H59NO6. The van der Waals surface area contributed by atoms with Gasteiger partial charge in [0, 0.05) is 26.1 Å². The minimum absolute atomic E-state index is 0.0742. The van der Waals surface area contributed by atoms with E-state index in [1.165, 1.54) is 72.0 Å². The molecule has 1 aliphatic rings. The Morgan fingerprint density at radius 3 is 1.47 bits per heavy atom. The van der Waals surface area contributed by atoms with Gasteiger partial charge in [0.15, 0.2) is 0 Å². The number of rotatable bonds is 27. The normalized spacial score (nSPS) is 17.5. The van der Waals surface area contributed by atoms with Gasteiger partial charge in [-0.2, -0.15) is 0 Å². The average molecular weight is 542 g/mol. The fraction of sp³-hybridized carbons (Fsp3) is 0.935. The second-order valence-electron chi connectivity index (χ2n) is 11.3. The molecule has 7 nitrogen and oxygen atoms in total. The quantitative estimate of drug-likeness (QED) is 0.0861. The zero-order valence-electron chi connectivity index (χ0n) is 25.2. The second kappa shape index (κ2) is 23.7. The SMILES string of the molecule is COC(=O)CCCCCCOCC(COCCCCCCCCC1CC1CCCCCC(=O)OC)N(C)C. The Morgan fingerprint density at radius 1 is 0.632 bits per heavy atom. The summed E-state index contributed by atoms with van der Waals surface area (Å²) in [5.74, 6) is 1.75. The first-order valence-electron chi connectivity index (χ1n) is 15.4. The standard InChI is InChI=1S/C31H59NO6/c1-32(2)29(26-38-23-17-10-8-14-20-30(33)35-3)25-37-22-16-9-6-5-7-12-18-27-24-28(27)19-13-11-15-21-31(34)36-4/h27-29H,5-26H2,1-4H3. The third-order valence-corrected chi connectivity index (χ3v) is 7.86. The summed E-state index contributed by atoms with van der Waals surface area (Å²) >= 11 is 0. The third-order valence-electron chi connectivity index (χ3n) is 7.86. The van der Waals surface area contributed by atoms with Crippen LogP contribution in [0, 0.1) is 11.8 Å². The molecule has 1 saturated carbocycles. The predicted octanol–water partition coefficient (Wildman–Crippen LogP) is 6.56. The van der Waals surface area contributed by atoms with Gasteiger partial charge in [-0.15, -0.1) is 0 Å². The molecular weight excluding hydrogens is 482 g/mol. The number of hydrogen-bond donors (Lipinski definition) is 0. The molecule has 1 fully saturated rings. The summed E-state index contributed by atoms with van der Waals surface area (Å²) in [5.41, 5.74) is 0. The lowest BCUT2D eigenvalue weighted by atomic mass is 10.0. The first-order valence-corrected chi connectivity index (χ1v) is 15.4. The summed E-state index contributed by atoms with van der Waals surface area (Å²) in [6.07, 6.45) is 20.6. The number of esters is 2. The van der Waals surface area contributed by atoms with Gasteiger partial charge in [0.05, 0.1) is 33.5 Å². The maximum absolute atomic E-state index is 11.1. The lowest BCUT2D eigenvalue weighted by Crippen LogP contribution is -2.37. The van der Waals surface area contributed by atoms with Crippen LogP contribution >= 0.6 is 0 Å². The molecule has 1 rings (SSSR count). The zero-order chi connectivity index (χ0) is 27.8. The number of ether oxygens (including phenoxy) is 4. The van der Waals surface area contributed by atoms with Crippen molar-refractivity contribution in [2.24, 2.45) is 11.8 Å². The molecule has 0 N–H and O–H groups in total. The summed E-state index contributed by atoms with van der Waals surface area (Å²) in [4.78, 5) is 24.4. The zero-order valence-corrected chi connectivity index (χ0v) is 25.2. The fourth-order valence-corrected chi connectivity index (χ4v) is 5.00. The van der Waals surface area contributed by atoms with Crippen molar-refractivity contribution in [3.05, 3.63) is 0 Å². The molecule has 0 spiro atoms. The van der Waals surface area contributed by atoms with Crippen molar-refractivity contribution >= 4 is 11.9 Å². The number of unbranched alkanes of at least 4 members (excludes halogenated alkanes) is 10. The van der Waals surface area contributed by atoms with Gasteiger partial charge in [0.25, 0.3) is 0 Å². The lowest BCUT2D eigenvalue weighted by molar-refractivity contribution is -0.141. The molecule has 3 unspecified atom stereocenters. The van der Waals surface area contributed by atoms with Crippen molar-refractivity contribution in [3.63, 3.8) is 0 Å². The van der Waals surface area contributed by atoms with Crippen LogP contribution in [0.15, 0.2) is 0 Å². The van der Waals surface area contributed by atoms with E-state index in [0.29, 0.717) is 25.5 Å². The molecule has 0 aromatic carbocycles. The first kappa shape index (κ1) is 34.8. The molecule has 0 radical (unpaired) electrons. The average Bonchev–Trinajstić information content (AvgIpc) is 3.66. The fourth-order valence-electron chi connectivity index (χ4n) is 5.00. The van der Waals surface area contributed by atoms with Crippen molar-refractivity contribution in [1.29, 1.82) is 0 Å². The van der Waals surface area contributed by atoms with E-state index in [2.05, 4.69) is 23.7 Å². The minimum atomic E-state index is -0.119. The highest BCUT2D eigenvalue weighted by atomic mass is 16.5. The number of likely N-dealkylation sites (N-methyl/N-ethyl adjacent to an activating group) is 1. The van der Waals surface area contributed by atoms with Crippen molar-refractivity contribution in [2.45, 2.75) is 122 Å². The van der Waals surface area contributed by atoms with Gasteiger partial charge in [0.1, 0.15) is 0 Å². The van der Waals surface area contributed by atoms with Crippen LogP contribution in [-0.2, 0) is 28.5 Å². The topological polar surface area (TPSA) is 74.3 Å². The largest absolute Gasteiger partial charge is 0.469 e. The Kier molecular flexibility index (Phi) is 21.7. The summed E-state index contributed by atoms with van der Waals surface area (Å²) < 4.78 is 21.2. The first-order chi connectivity index (χ1) is 18.5. The molecule has 0 amide bonds. The van der Waals surface area contributed by atoms with Gasteiger partial charge in [-0.3, -0.25) is 9.59 Å². The number of methoxy groups -OCH3 is 2. The van der Waals surface area contributed by atoms with Gasteiger partial charge in [-0.05, 0) is 58.0 Å². The van der Waals surface area contributed by atoms with Gasteiger partial charge in [-0.1, -0.05) is 70.6 Å². The number of carbonyl (C=O) groups excluding carboxylic acids is 2. The van der Waals surface area contributed by atoms with E-state index < -0.39 is 0 Å². The molecule has 0 bridgehead atoms. The Hall–Kier alpha value is -1.18. The molecule has 0 aromatic rings. The molecule has 0 heterocycles. The van der Waals surface area contributed by atoms with Crippen LogP contribution in [0.25, 0.3) is 0 Å². The van der Waals surface area contributed by atoms with Crippen molar-refractivity contribution in [3.8, 4) is 0 Å². The van der Waals surface area contributed by atoms with E-state index in [9.17, 15) is 9.59 Å². The summed E-state index contributed by atoms with van der Waals surface area (Å²) in [6.45, 7) is 3.03. The van der Waals surface area contributed by atoms with E-state index in [1.54, 1.807) is 0 Å². The van der Waals surface area contributed by atoms with Crippen LogP contribution < -0.4 is 0 Å². The third kappa shape index (κ3) is 19.8. The molecule has 3 atom stereocenters. The van der Waals surface area contributed by atoms with Crippen LogP contribution in [0.3, 0.4) is 0 Å². The number of nitrogens with zero attached hydrogens (tertiary/aromatic N) is 1. The van der Waals surface area contributed by atoms with Crippen molar-refractivity contribution in [2.75, 3.05) is 54.7 Å². The van der Waals surface area contributed by atoms with Crippen molar-refractivity contribution in [1.82, 2.24) is 4.90 Å². The summed E-state index contributed by atoms with van der Waals surface area (Å²) in [5, 5.41) is 0. The Labute approximate surface area is 233 Å². The summed E-state index contributed by atoms with van der Waals surface area (Å²) in [7, 11) is 7.08. The van der Waals surface area contributed by atoms with E-state index in [4.69, 9.17) is 14.2 Å². The van der Waals surface area contributed by atoms with Crippen molar-refractivity contribution < 1.29 is 28.5 Å². The highest BCUT2D eigenvalue weighted by Crippen LogP contribution is 2.45. The maximum atomic E-state index is 11.1. The van der Waals surface area contributed by atoms with Gasteiger partial charge in [0.2, 0.25) is 0 Å². The smallest absolute Gasteiger partial charge is 0.305 e. The molecule has 38 heavy (non-hydrogen) atoms. The Bertz CT molecular complexity index is 585. The van der Waals surface area contributed by atoms with E-state index in [1.807, 2.05) is 0 Å². The van der Waals surface area contributed by atoms with Crippen LogP contribution in [0.2, 0.25) is 0 Å². The molecule has 1 aliphatic carbocycles. The van der Waals surface area contributed by atoms with Crippen LogP contribution in [0.4, 0.5) is 0 Å². The van der Waals surface area contributed by atoms with Gasteiger partial charge >= 0.3 is 11.9 Å². The number of carbonyl (C=O) groups is 2. The minimum Gasteiger partial charge on any atom is -0.469 e. The molecule has 0 saturated heterocycles. The van der Waals surface area contributed by atoms with Gasteiger partial charge in [-0.25, -0.2) is 0 Å². The summed E-state index contributed by atoms with van der Waals surface area (Å²) in [6, 6.07) is 0.292. The van der Waals surface area contributed by atoms with Crippen LogP contribution in [-0.4, -0.2) is 77.6 Å². The van der Waals surface area contributed by atoms with Gasteiger partial charge < -0.3 is 23.8 Å². The van der Waals surface area contributed by atoms with E-state index in [0.717, 1.165) is 76.6 Å². The van der Waals surface area contributed by atoms with E-state index >= 15 is 0 Å². The van der Waals surface area contributed by atoms with E-state index in [-0.39, 0.29) is 11.9 Å². The molecule has 0 aliphatic heterocycles. The second-order valence-corrected chi connectivity index (χ2v) is 11.3. The predicted molar refractivity (Wildman–Crippen MR) is 153 cm³/mol. The Balaban J connectivity index is 1.85. The molecule has 224 valence electrons. The molecule has 7 heteroatoms. The van der Waals surface area contributed by atoms with Crippen LogP contribution in [0.5, 0.6) is 0 Å². The maximum Gasteiger partial charge on any atom is 0.305 e. The highest BCUT2D eigenvalue weighted by molar-refractivity contribution is 5.69. The number of hydrogen-bond acceptors (Lipinski definition) is 7. The highest BCUT2D eigenvalue weighted by Gasteiger charge is 2.35. The Morgan fingerprint density at radius 2 is 1.03 bits per heavy atom. The monoisotopic (exact) mass is 541 g/mol.